The Balaban J connectivity index is 1.52. The molecule has 2 fully saturated rings. The predicted octanol–water partition coefficient (Wildman–Crippen LogP) is 4.23. The van der Waals surface area contributed by atoms with Gasteiger partial charge in [-0.1, -0.05) is 42.8 Å². The van der Waals surface area contributed by atoms with Crippen LogP contribution in [0.1, 0.15) is 42.7 Å². The van der Waals surface area contributed by atoms with Crippen molar-refractivity contribution in [3.8, 4) is 0 Å². The van der Waals surface area contributed by atoms with E-state index < -0.39 is 0 Å². The smallest absolute Gasteiger partial charge is 0.0226 e. The predicted molar refractivity (Wildman–Crippen MR) is 87.1 cm³/mol. The Bertz CT molecular complexity index is 633. The standard InChI is InChI=1S/C20H23N/c1-4-8-21(9-5-1)13-20-17-7-3-2-6-16(17)18-11-14-10-15(14)12-19(18)20/h2-3,6-7,11-12,14-15,20H,1,4-5,8-10,13H2. The molecule has 0 radical (unpaired) electrons. The third kappa shape index (κ3) is 1.94. The van der Waals surface area contributed by atoms with Crippen molar-refractivity contribution in [1.29, 1.82) is 0 Å². The molecule has 3 atom stereocenters. The van der Waals surface area contributed by atoms with Crippen LogP contribution in [-0.2, 0) is 0 Å². The average molecular weight is 277 g/mol. The second-order valence-electron chi connectivity index (χ2n) is 7.27. The fourth-order valence-corrected chi connectivity index (χ4v) is 4.61. The summed E-state index contributed by atoms with van der Waals surface area (Å²) in [7, 11) is 0. The van der Waals surface area contributed by atoms with Gasteiger partial charge in [-0.2, -0.15) is 0 Å². The number of fused-ring (bicyclic) bond motifs is 4. The highest BCUT2D eigenvalue weighted by Gasteiger charge is 2.42. The number of nitrogens with zero attached hydrogens (tertiary/aromatic N) is 1. The van der Waals surface area contributed by atoms with E-state index in [2.05, 4.69) is 41.3 Å². The largest absolute Gasteiger partial charge is 0.302 e. The van der Waals surface area contributed by atoms with Gasteiger partial charge in [-0.25, -0.2) is 0 Å². The number of allylic oxidation sites excluding steroid dienone is 3. The molecule has 1 heterocycles. The van der Waals surface area contributed by atoms with Gasteiger partial charge >= 0.3 is 0 Å². The van der Waals surface area contributed by atoms with E-state index in [1.807, 2.05) is 0 Å². The molecule has 4 aliphatic rings. The minimum Gasteiger partial charge on any atom is -0.302 e. The first kappa shape index (κ1) is 12.2. The molecule has 1 aromatic carbocycles. The van der Waals surface area contributed by atoms with Crippen molar-refractivity contribution in [1.82, 2.24) is 4.90 Å². The summed E-state index contributed by atoms with van der Waals surface area (Å²) in [5, 5.41) is 0. The SMILES string of the molecule is C1=C2C(=CC3CC13)C(CN1CCCCC1)c1ccccc12. The lowest BCUT2D eigenvalue weighted by Crippen LogP contribution is -2.33. The summed E-state index contributed by atoms with van der Waals surface area (Å²) in [6, 6.07) is 9.14. The zero-order valence-corrected chi connectivity index (χ0v) is 12.6. The van der Waals surface area contributed by atoms with Crippen molar-refractivity contribution in [2.24, 2.45) is 11.8 Å². The molecular weight excluding hydrogens is 254 g/mol. The van der Waals surface area contributed by atoms with Gasteiger partial charge in [0, 0.05) is 12.5 Å². The highest BCUT2D eigenvalue weighted by molar-refractivity contribution is 5.89. The summed E-state index contributed by atoms with van der Waals surface area (Å²) in [4.78, 5) is 2.70. The van der Waals surface area contributed by atoms with Gasteiger partial charge in [0.2, 0.25) is 0 Å². The molecule has 1 aromatic rings. The quantitative estimate of drug-likeness (QED) is 0.782. The highest BCUT2D eigenvalue weighted by Crippen LogP contribution is 2.55. The lowest BCUT2D eigenvalue weighted by Gasteiger charge is -2.30. The normalized spacial score (nSPS) is 33.6. The number of benzene rings is 1. The Labute approximate surface area is 127 Å². The van der Waals surface area contributed by atoms with Gasteiger partial charge < -0.3 is 4.90 Å². The first-order valence-corrected chi connectivity index (χ1v) is 8.66. The highest BCUT2D eigenvalue weighted by atomic mass is 15.1. The number of hydrogen-bond donors (Lipinski definition) is 0. The fourth-order valence-electron chi connectivity index (χ4n) is 4.61. The summed E-state index contributed by atoms with van der Waals surface area (Å²) >= 11 is 0. The van der Waals surface area contributed by atoms with Gasteiger partial charge in [0.05, 0.1) is 0 Å². The summed E-state index contributed by atoms with van der Waals surface area (Å²) in [6.07, 6.45) is 10.8. The summed E-state index contributed by atoms with van der Waals surface area (Å²) in [5.74, 6) is 2.35. The molecule has 0 aromatic heterocycles. The monoisotopic (exact) mass is 277 g/mol. The molecule has 3 unspecified atom stereocenters. The van der Waals surface area contributed by atoms with E-state index in [0.717, 1.165) is 11.8 Å². The number of hydrogen-bond acceptors (Lipinski definition) is 1. The van der Waals surface area contributed by atoms with E-state index in [4.69, 9.17) is 0 Å². The van der Waals surface area contributed by atoms with Crippen molar-refractivity contribution in [3.63, 3.8) is 0 Å². The van der Waals surface area contributed by atoms with Gasteiger partial charge in [-0.05, 0) is 66.5 Å². The third-order valence-electron chi connectivity index (χ3n) is 5.87. The molecular formula is C20H23N. The Morgan fingerprint density at radius 3 is 2.67 bits per heavy atom. The first-order valence-electron chi connectivity index (χ1n) is 8.66. The van der Waals surface area contributed by atoms with E-state index in [1.165, 1.54) is 50.9 Å². The van der Waals surface area contributed by atoms with E-state index in [-0.39, 0.29) is 0 Å². The molecule has 3 aliphatic carbocycles. The zero-order valence-electron chi connectivity index (χ0n) is 12.6. The van der Waals surface area contributed by atoms with Crippen LogP contribution >= 0.6 is 0 Å². The van der Waals surface area contributed by atoms with Crippen molar-refractivity contribution in [3.05, 3.63) is 53.1 Å². The van der Waals surface area contributed by atoms with Gasteiger partial charge in [0.15, 0.2) is 0 Å². The minimum atomic E-state index is 0.632. The number of likely N-dealkylation sites (tertiary alicyclic amines) is 1. The lowest BCUT2D eigenvalue weighted by atomic mass is 9.91. The average Bonchev–Trinajstić information content (AvgIpc) is 3.25. The second kappa shape index (κ2) is 4.58. The number of rotatable bonds is 2. The molecule has 5 rings (SSSR count). The summed E-state index contributed by atoms with van der Waals surface area (Å²) in [5.41, 5.74) is 6.34. The van der Waals surface area contributed by atoms with Crippen LogP contribution < -0.4 is 0 Å². The van der Waals surface area contributed by atoms with E-state index in [9.17, 15) is 0 Å². The van der Waals surface area contributed by atoms with Crippen molar-refractivity contribution >= 4 is 5.57 Å². The lowest BCUT2D eigenvalue weighted by molar-refractivity contribution is 0.223. The zero-order chi connectivity index (χ0) is 13.8. The van der Waals surface area contributed by atoms with Crippen LogP contribution in [0.2, 0.25) is 0 Å². The van der Waals surface area contributed by atoms with E-state index in [1.54, 1.807) is 16.7 Å². The molecule has 1 aliphatic heterocycles. The van der Waals surface area contributed by atoms with Crippen molar-refractivity contribution < 1.29 is 0 Å². The maximum absolute atomic E-state index is 2.70. The molecule has 0 bridgehead atoms. The van der Waals surface area contributed by atoms with Gasteiger partial charge in [-0.15, -0.1) is 0 Å². The Hall–Kier alpha value is -1.34. The van der Waals surface area contributed by atoms with Crippen LogP contribution in [0, 0.1) is 11.8 Å². The second-order valence-corrected chi connectivity index (χ2v) is 7.27. The molecule has 21 heavy (non-hydrogen) atoms. The van der Waals surface area contributed by atoms with E-state index >= 15 is 0 Å². The fraction of sp³-hybridized carbons (Fsp3) is 0.500. The topological polar surface area (TPSA) is 3.24 Å². The Kier molecular flexibility index (Phi) is 2.66. The molecule has 1 nitrogen and oxygen atoms in total. The van der Waals surface area contributed by atoms with E-state index in [0.29, 0.717) is 5.92 Å². The van der Waals surface area contributed by atoms with Crippen LogP contribution in [0.3, 0.4) is 0 Å². The molecule has 0 N–H and O–H groups in total. The van der Waals surface area contributed by atoms with Crippen LogP contribution in [0.4, 0.5) is 0 Å². The Morgan fingerprint density at radius 1 is 0.952 bits per heavy atom. The number of piperidine rings is 1. The van der Waals surface area contributed by atoms with Gasteiger partial charge in [0.25, 0.3) is 0 Å². The van der Waals surface area contributed by atoms with Crippen molar-refractivity contribution in [2.45, 2.75) is 31.6 Å². The Morgan fingerprint density at radius 2 is 1.76 bits per heavy atom. The minimum absolute atomic E-state index is 0.632. The molecule has 108 valence electrons. The summed E-state index contributed by atoms with van der Waals surface area (Å²) in [6.45, 7) is 3.84. The molecule has 0 spiro atoms. The van der Waals surface area contributed by atoms with Crippen LogP contribution in [-0.4, -0.2) is 24.5 Å². The van der Waals surface area contributed by atoms with Crippen LogP contribution in [0.25, 0.3) is 5.57 Å². The molecule has 0 amide bonds. The van der Waals surface area contributed by atoms with Gasteiger partial charge in [0.1, 0.15) is 0 Å². The van der Waals surface area contributed by atoms with Crippen molar-refractivity contribution in [2.75, 3.05) is 19.6 Å². The third-order valence-corrected chi connectivity index (χ3v) is 5.87. The molecule has 1 saturated heterocycles. The maximum atomic E-state index is 2.70. The van der Waals surface area contributed by atoms with Gasteiger partial charge in [-0.3, -0.25) is 0 Å². The molecule has 1 heteroatoms. The molecule has 1 saturated carbocycles. The van der Waals surface area contributed by atoms with Crippen LogP contribution in [0.5, 0.6) is 0 Å². The first-order chi connectivity index (χ1) is 10.4. The maximum Gasteiger partial charge on any atom is 0.0226 e. The summed E-state index contributed by atoms with van der Waals surface area (Å²) < 4.78 is 0. The van der Waals surface area contributed by atoms with Crippen LogP contribution in [0.15, 0.2) is 42.0 Å².